The maximum absolute atomic E-state index is 12.3. The highest BCUT2D eigenvalue weighted by molar-refractivity contribution is 5.94. The minimum atomic E-state index is -2.98. The lowest BCUT2D eigenvalue weighted by molar-refractivity contribution is -0.117. The van der Waals surface area contributed by atoms with Crippen LogP contribution in [0.5, 0.6) is 11.5 Å². The van der Waals surface area contributed by atoms with Crippen molar-refractivity contribution in [1.29, 1.82) is 0 Å². The van der Waals surface area contributed by atoms with Crippen molar-refractivity contribution in [3.63, 3.8) is 0 Å². The van der Waals surface area contributed by atoms with Gasteiger partial charge in [0.15, 0.2) is 11.5 Å². The van der Waals surface area contributed by atoms with Gasteiger partial charge in [0, 0.05) is 11.8 Å². The number of nitrogens with two attached hydrogens (primary N) is 1. The maximum atomic E-state index is 12.3. The van der Waals surface area contributed by atoms with Gasteiger partial charge in [0.05, 0.1) is 13.2 Å². The fourth-order valence-corrected chi connectivity index (χ4v) is 1.79. The second-order valence-electron chi connectivity index (χ2n) is 4.97. The first-order valence-electron chi connectivity index (χ1n) is 6.52. The molecule has 0 heterocycles. The summed E-state index contributed by atoms with van der Waals surface area (Å²) in [6, 6.07) is 3.57. The number of hydrogen-bond acceptors (Lipinski definition) is 4. The molecule has 0 unspecified atom stereocenters. The Morgan fingerprint density at radius 2 is 2.00 bits per heavy atom. The SMILES string of the molecule is COc1ccc(NC(=O)[C@@H](N)CC(C)C)cc1OC(F)F. The molecule has 0 aliphatic carbocycles. The van der Waals surface area contributed by atoms with E-state index in [-0.39, 0.29) is 23.3 Å². The van der Waals surface area contributed by atoms with Gasteiger partial charge in [-0.2, -0.15) is 8.78 Å². The molecule has 1 aromatic carbocycles. The van der Waals surface area contributed by atoms with Crippen LogP contribution in [0.1, 0.15) is 20.3 Å². The first kappa shape index (κ1) is 17.2. The van der Waals surface area contributed by atoms with Crippen LogP contribution in [0.25, 0.3) is 0 Å². The number of nitrogens with one attached hydrogen (secondary N) is 1. The van der Waals surface area contributed by atoms with Gasteiger partial charge >= 0.3 is 6.61 Å². The molecule has 0 saturated heterocycles. The van der Waals surface area contributed by atoms with Crippen LogP contribution in [0.2, 0.25) is 0 Å². The monoisotopic (exact) mass is 302 g/mol. The van der Waals surface area contributed by atoms with Crippen LogP contribution in [-0.2, 0) is 4.79 Å². The van der Waals surface area contributed by atoms with E-state index in [1.165, 1.54) is 25.3 Å². The average Bonchev–Trinajstić information content (AvgIpc) is 2.37. The molecular weight excluding hydrogens is 282 g/mol. The van der Waals surface area contributed by atoms with Crippen LogP contribution in [0.3, 0.4) is 0 Å². The van der Waals surface area contributed by atoms with E-state index in [4.69, 9.17) is 10.5 Å². The summed E-state index contributed by atoms with van der Waals surface area (Å²) in [7, 11) is 1.34. The standard InChI is InChI=1S/C14H20F2N2O3/c1-8(2)6-10(17)13(19)18-9-4-5-11(20-3)12(7-9)21-14(15)16/h4-5,7-8,10,14H,6,17H2,1-3H3,(H,18,19)/t10-/m0/s1. The molecule has 0 fully saturated rings. The van der Waals surface area contributed by atoms with Gasteiger partial charge in [-0.25, -0.2) is 0 Å². The van der Waals surface area contributed by atoms with Gasteiger partial charge in [0.1, 0.15) is 0 Å². The molecule has 0 aromatic heterocycles. The Hall–Kier alpha value is -1.89. The van der Waals surface area contributed by atoms with E-state index in [0.717, 1.165) is 0 Å². The summed E-state index contributed by atoms with van der Waals surface area (Å²) in [5.41, 5.74) is 6.07. The van der Waals surface area contributed by atoms with Gasteiger partial charge in [-0.15, -0.1) is 0 Å². The molecule has 118 valence electrons. The van der Waals surface area contributed by atoms with E-state index in [2.05, 4.69) is 10.1 Å². The average molecular weight is 302 g/mol. The van der Waals surface area contributed by atoms with Gasteiger partial charge in [-0.05, 0) is 24.5 Å². The van der Waals surface area contributed by atoms with E-state index in [9.17, 15) is 13.6 Å². The molecule has 21 heavy (non-hydrogen) atoms. The zero-order valence-electron chi connectivity index (χ0n) is 12.2. The van der Waals surface area contributed by atoms with Crippen molar-refractivity contribution in [2.45, 2.75) is 32.9 Å². The van der Waals surface area contributed by atoms with Crippen molar-refractivity contribution >= 4 is 11.6 Å². The Balaban J connectivity index is 2.81. The summed E-state index contributed by atoms with van der Waals surface area (Å²) < 4.78 is 33.9. The Labute approximate surface area is 122 Å². The number of carbonyl (C=O) groups excluding carboxylic acids is 1. The molecule has 1 atom stereocenters. The Morgan fingerprint density at radius 3 is 2.52 bits per heavy atom. The smallest absolute Gasteiger partial charge is 0.387 e. The molecule has 1 rings (SSSR count). The number of carbonyl (C=O) groups is 1. The first-order valence-corrected chi connectivity index (χ1v) is 6.52. The summed E-state index contributed by atoms with van der Waals surface area (Å²) in [6.07, 6.45) is 0.530. The third-order valence-corrected chi connectivity index (χ3v) is 2.71. The molecule has 0 spiro atoms. The fourth-order valence-electron chi connectivity index (χ4n) is 1.79. The predicted molar refractivity (Wildman–Crippen MR) is 75.7 cm³/mol. The lowest BCUT2D eigenvalue weighted by Crippen LogP contribution is -2.36. The van der Waals surface area contributed by atoms with Crippen LogP contribution in [0.4, 0.5) is 14.5 Å². The number of benzene rings is 1. The molecule has 5 nitrogen and oxygen atoms in total. The lowest BCUT2D eigenvalue weighted by atomic mass is 10.0. The van der Waals surface area contributed by atoms with Crippen molar-refractivity contribution in [3.05, 3.63) is 18.2 Å². The van der Waals surface area contributed by atoms with Crippen LogP contribution in [-0.4, -0.2) is 25.7 Å². The highest BCUT2D eigenvalue weighted by Crippen LogP contribution is 2.31. The van der Waals surface area contributed by atoms with E-state index in [1.807, 2.05) is 13.8 Å². The Kier molecular flexibility index (Phi) is 6.36. The summed E-state index contributed by atoms with van der Waals surface area (Å²) in [5, 5.41) is 2.57. The Bertz CT molecular complexity index is 481. The zero-order chi connectivity index (χ0) is 16.0. The van der Waals surface area contributed by atoms with Crippen LogP contribution >= 0.6 is 0 Å². The van der Waals surface area contributed by atoms with Gasteiger partial charge in [0.2, 0.25) is 5.91 Å². The van der Waals surface area contributed by atoms with Crippen LogP contribution in [0.15, 0.2) is 18.2 Å². The normalized spacial score (nSPS) is 12.4. The number of alkyl halides is 2. The minimum Gasteiger partial charge on any atom is -0.493 e. The number of rotatable bonds is 7. The summed E-state index contributed by atoms with van der Waals surface area (Å²) in [4.78, 5) is 11.9. The maximum Gasteiger partial charge on any atom is 0.387 e. The van der Waals surface area contributed by atoms with Crippen LogP contribution in [0, 0.1) is 5.92 Å². The number of anilines is 1. The van der Waals surface area contributed by atoms with E-state index >= 15 is 0 Å². The van der Waals surface area contributed by atoms with Crippen molar-refractivity contribution in [2.75, 3.05) is 12.4 Å². The number of amides is 1. The van der Waals surface area contributed by atoms with E-state index in [1.54, 1.807) is 0 Å². The van der Waals surface area contributed by atoms with Crippen molar-refractivity contribution in [1.82, 2.24) is 0 Å². The zero-order valence-corrected chi connectivity index (χ0v) is 12.2. The number of halogens is 2. The number of methoxy groups -OCH3 is 1. The molecule has 3 N–H and O–H groups in total. The third-order valence-electron chi connectivity index (χ3n) is 2.71. The summed E-state index contributed by atoms with van der Waals surface area (Å²) >= 11 is 0. The van der Waals surface area contributed by atoms with E-state index < -0.39 is 12.7 Å². The molecule has 0 bridgehead atoms. The predicted octanol–water partition coefficient (Wildman–Crippen LogP) is 2.61. The fraction of sp³-hybridized carbons (Fsp3) is 0.500. The largest absolute Gasteiger partial charge is 0.493 e. The van der Waals surface area contributed by atoms with Crippen molar-refractivity contribution in [3.8, 4) is 11.5 Å². The number of ether oxygens (including phenoxy) is 2. The lowest BCUT2D eigenvalue weighted by Gasteiger charge is -2.15. The molecule has 1 aromatic rings. The van der Waals surface area contributed by atoms with Gasteiger partial charge in [-0.1, -0.05) is 13.8 Å². The molecule has 0 aliphatic rings. The molecule has 0 aliphatic heterocycles. The molecular formula is C14H20F2N2O3. The molecule has 0 radical (unpaired) electrons. The molecule has 1 amide bonds. The minimum absolute atomic E-state index is 0.150. The highest BCUT2D eigenvalue weighted by Gasteiger charge is 2.17. The summed E-state index contributed by atoms with van der Waals surface area (Å²) in [6.45, 7) is 0.928. The first-order chi connectivity index (χ1) is 9.83. The van der Waals surface area contributed by atoms with Gasteiger partial charge in [-0.3, -0.25) is 4.79 Å². The van der Waals surface area contributed by atoms with E-state index in [0.29, 0.717) is 12.1 Å². The van der Waals surface area contributed by atoms with Gasteiger partial charge < -0.3 is 20.5 Å². The van der Waals surface area contributed by atoms with Crippen molar-refractivity contribution < 1.29 is 23.0 Å². The Morgan fingerprint density at radius 1 is 1.33 bits per heavy atom. The molecule has 7 heteroatoms. The topological polar surface area (TPSA) is 73.6 Å². The second kappa shape index (κ2) is 7.78. The second-order valence-corrected chi connectivity index (χ2v) is 4.97. The third kappa shape index (κ3) is 5.55. The van der Waals surface area contributed by atoms with Crippen LogP contribution < -0.4 is 20.5 Å². The summed E-state index contributed by atoms with van der Waals surface area (Å²) in [5.74, 6) is -0.0984. The quantitative estimate of drug-likeness (QED) is 0.812. The van der Waals surface area contributed by atoms with Crippen molar-refractivity contribution in [2.24, 2.45) is 11.7 Å². The number of hydrogen-bond donors (Lipinski definition) is 2. The van der Waals surface area contributed by atoms with Gasteiger partial charge in [0.25, 0.3) is 0 Å². The molecule has 0 saturated carbocycles. The highest BCUT2D eigenvalue weighted by atomic mass is 19.3.